The van der Waals surface area contributed by atoms with Gasteiger partial charge in [0.1, 0.15) is 0 Å². The fraction of sp³-hybridized carbons (Fsp3) is 0.526. The zero-order valence-corrected chi connectivity index (χ0v) is 16.6. The van der Waals surface area contributed by atoms with Crippen LogP contribution in [0.15, 0.2) is 35.5 Å². The molecule has 1 saturated heterocycles. The molecule has 2 aromatic rings. The third kappa shape index (κ3) is 4.10. The van der Waals surface area contributed by atoms with Crippen molar-refractivity contribution in [2.45, 2.75) is 37.7 Å². The van der Waals surface area contributed by atoms with Crippen molar-refractivity contribution in [2.75, 3.05) is 32.7 Å². The van der Waals surface area contributed by atoms with E-state index in [1.165, 1.54) is 11.8 Å². The maximum Gasteiger partial charge on any atom is 0.235 e. The summed E-state index contributed by atoms with van der Waals surface area (Å²) in [6.45, 7) is 11.6. The van der Waals surface area contributed by atoms with Crippen LogP contribution in [-0.4, -0.2) is 68.4 Å². The molecule has 140 valence electrons. The number of carbonyl (C=O) groups is 1. The third-order valence-corrected chi connectivity index (χ3v) is 5.89. The molecule has 1 aromatic carbocycles. The minimum Gasteiger partial charge on any atom is -0.339 e. The predicted molar refractivity (Wildman–Crippen MR) is 105 cm³/mol. The molecule has 1 amide bonds. The number of nitrogens with zero attached hydrogens (tertiary/aromatic N) is 5. The third-order valence-electron chi connectivity index (χ3n) is 4.83. The van der Waals surface area contributed by atoms with Gasteiger partial charge in [0.15, 0.2) is 11.0 Å². The number of benzene rings is 1. The zero-order valence-electron chi connectivity index (χ0n) is 15.8. The molecule has 0 saturated carbocycles. The van der Waals surface area contributed by atoms with Crippen molar-refractivity contribution in [3.63, 3.8) is 0 Å². The van der Waals surface area contributed by atoms with Gasteiger partial charge in [0.05, 0.1) is 5.25 Å². The van der Waals surface area contributed by atoms with E-state index < -0.39 is 0 Å². The van der Waals surface area contributed by atoms with Gasteiger partial charge in [0.2, 0.25) is 5.91 Å². The zero-order chi connectivity index (χ0) is 18.5. The lowest BCUT2D eigenvalue weighted by Crippen LogP contribution is -2.50. The van der Waals surface area contributed by atoms with E-state index in [1.54, 1.807) is 0 Å². The Kier molecular flexibility index (Phi) is 6.32. The fourth-order valence-corrected chi connectivity index (χ4v) is 4.21. The molecule has 0 N–H and O–H groups in total. The van der Waals surface area contributed by atoms with Crippen molar-refractivity contribution in [2.24, 2.45) is 0 Å². The molecule has 26 heavy (non-hydrogen) atoms. The quantitative estimate of drug-likeness (QED) is 0.729. The summed E-state index contributed by atoms with van der Waals surface area (Å²) in [5.74, 6) is 1.05. The Labute approximate surface area is 159 Å². The number of hydrogen-bond acceptors (Lipinski definition) is 5. The van der Waals surface area contributed by atoms with Crippen molar-refractivity contribution in [3.05, 3.63) is 30.3 Å². The number of likely N-dealkylation sites (N-methyl/N-ethyl adjacent to an activating group) is 1. The lowest BCUT2D eigenvalue weighted by Gasteiger charge is -2.35. The molecule has 0 radical (unpaired) electrons. The molecule has 1 atom stereocenters. The van der Waals surface area contributed by atoms with E-state index in [0.29, 0.717) is 0 Å². The Morgan fingerprint density at radius 3 is 2.38 bits per heavy atom. The summed E-state index contributed by atoms with van der Waals surface area (Å²) in [4.78, 5) is 17.2. The normalized spacial score (nSPS) is 16.7. The molecule has 2 heterocycles. The Balaban J connectivity index is 1.69. The second kappa shape index (κ2) is 8.68. The molecule has 0 spiro atoms. The lowest BCUT2D eigenvalue weighted by molar-refractivity contribution is -0.132. The number of hydrogen-bond donors (Lipinski definition) is 0. The van der Waals surface area contributed by atoms with Crippen molar-refractivity contribution in [1.82, 2.24) is 24.6 Å². The Hall–Kier alpha value is -1.86. The summed E-state index contributed by atoms with van der Waals surface area (Å²) in [6.07, 6.45) is 0. The lowest BCUT2D eigenvalue weighted by atomic mass is 10.2. The van der Waals surface area contributed by atoms with Crippen LogP contribution in [0.2, 0.25) is 0 Å². The van der Waals surface area contributed by atoms with E-state index in [9.17, 15) is 4.79 Å². The molecule has 1 aliphatic rings. The van der Waals surface area contributed by atoms with Gasteiger partial charge < -0.3 is 14.4 Å². The van der Waals surface area contributed by atoms with Gasteiger partial charge in [-0.05, 0) is 20.4 Å². The topological polar surface area (TPSA) is 54.3 Å². The summed E-state index contributed by atoms with van der Waals surface area (Å²) in [5, 5.41) is 9.36. The molecule has 0 bridgehead atoms. The monoisotopic (exact) mass is 373 g/mol. The van der Waals surface area contributed by atoms with Gasteiger partial charge >= 0.3 is 0 Å². The maximum atomic E-state index is 12.8. The fourth-order valence-electron chi connectivity index (χ4n) is 3.21. The summed E-state index contributed by atoms with van der Waals surface area (Å²) >= 11 is 1.50. The second-order valence-corrected chi connectivity index (χ2v) is 7.74. The molecular weight excluding hydrogens is 346 g/mol. The molecule has 1 aromatic heterocycles. The van der Waals surface area contributed by atoms with Crippen LogP contribution < -0.4 is 0 Å². The summed E-state index contributed by atoms with van der Waals surface area (Å²) in [6, 6.07) is 10.1. The number of amides is 1. The van der Waals surface area contributed by atoms with Gasteiger partial charge in [-0.3, -0.25) is 4.79 Å². The van der Waals surface area contributed by atoms with E-state index in [4.69, 9.17) is 0 Å². The molecule has 1 fully saturated rings. The van der Waals surface area contributed by atoms with Crippen LogP contribution >= 0.6 is 11.8 Å². The molecule has 6 nitrogen and oxygen atoms in total. The minimum absolute atomic E-state index is 0.165. The van der Waals surface area contributed by atoms with E-state index >= 15 is 0 Å². The second-order valence-electron chi connectivity index (χ2n) is 6.44. The van der Waals surface area contributed by atoms with Gasteiger partial charge in [-0.25, -0.2) is 0 Å². The van der Waals surface area contributed by atoms with Crippen LogP contribution in [0.25, 0.3) is 11.4 Å². The number of aromatic nitrogens is 3. The number of rotatable bonds is 6. The van der Waals surface area contributed by atoms with Gasteiger partial charge in [-0.1, -0.05) is 49.0 Å². The Morgan fingerprint density at radius 2 is 1.77 bits per heavy atom. The summed E-state index contributed by atoms with van der Waals surface area (Å²) in [7, 11) is 0. The number of thioether (sulfide) groups is 1. The summed E-state index contributed by atoms with van der Waals surface area (Å²) < 4.78 is 2.08. The Morgan fingerprint density at radius 1 is 1.08 bits per heavy atom. The first kappa shape index (κ1) is 18.9. The van der Waals surface area contributed by atoms with E-state index in [2.05, 4.69) is 33.5 Å². The highest BCUT2D eigenvalue weighted by Crippen LogP contribution is 2.27. The number of carbonyl (C=O) groups excluding carboxylic acids is 1. The van der Waals surface area contributed by atoms with Crippen molar-refractivity contribution in [1.29, 1.82) is 0 Å². The molecule has 7 heteroatoms. The molecule has 1 aliphatic heterocycles. The van der Waals surface area contributed by atoms with Crippen LogP contribution in [0.5, 0.6) is 0 Å². The Bertz CT molecular complexity index is 725. The van der Waals surface area contributed by atoms with Crippen LogP contribution in [0.1, 0.15) is 20.8 Å². The van der Waals surface area contributed by atoms with Crippen molar-refractivity contribution >= 4 is 17.7 Å². The van der Waals surface area contributed by atoms with Crippen LogP contribution in [-0.2, 0) is 11.3 Å². The van der Waals surface area contributed by atoms with Crippen molar-refractivity contribution < 1.29 is 4.79 Å². The average molecular weight is 374 g/mol. The van der Waals surface area contributed by atoms with Crippen molar-refractivity contribution in [3.8, 4) is 11.4 Å². The molecule has 0 aliphatic carbocycles. The van der Waals surface area contributed by atoms with Crippen LogP contribution in [0.3, 0.4) is 0 Å². The first-order chi connectivity index (χ1) is 12.6. The van der Waals surface area contributed by atoms with Gasteiger partial charge in [0.25, 0.3) is 0 Å². The van der Waals surface area contributed by atoms with E-state index in [0.717, 1.165) is 55.8 Å². The highest BCUT2D eigenvalue weighted by atomic mass is 32.2. The molecular formula is C19H27N5OS. The van der Waals surface area contributed by atoms with Gasteiger partial charge in [-0.2, -0.15) is 0 Å². The van der Waals surface area contributed by atoms with E-state index in [-0.39, 0.29) is 11.2 Å². The largest absolute Gasteiger partial charge is 0.339 e. The van der Waals surface area contributed by atoms with Crippen LogP contribution in [0.4, 0.5) is 0 Å². The average Bonchev–Trinajstić information content (AvgIpc) is 3.10. The maximum absolute atomic E-state index is 12.8. The number of piperazine rings is 1. The first-order valence-corrected chi connectivity index (χ1v) is 10.2. The highest BCUT2D eigenvalue weighted by Gasteiger charge is 2.26. The van der Waals surface area contributed by atoms with E-state index in [1.807, 2.05) is 42.2 Å². The smallest absolute Gasteiger partial charge is 0.235 e. The molecule has 3 rings (SSSR count). The standard InChI is InChI=1S/C19H27N5OS/c1-4-22-11-13-23(14-12-22)18(25)15(3)26-19-21-20-17(24(19)5-2)16-9-7-6-8-10-16/h6-10,15H,4-5,11-14H2,1-3H3/t15-/m0/s1. The van der Waals surface area contributed by atoms with Crippen LogP contribution in [0, 0.1) is 0 Å². The first-order valence-electron chi connectivity index (χ1n) is 9.30. The van der Waals surface area contributed by atoms with Gasteiger partial charge in [0, 0.05) is 38.3 Å². The highest BCUT2D eigenvalue weighted by molar-refractivity contribution is 8.00. The predicted octanol–water partition coefficient (Wildman–Crippen LogP) is 2.61. The van der Waals surface area contributed by atoms with Gasteiger partial charge in [-0.15, -0.1) is 10.2 Å². The SMILES string of the molecule is CCN1CCN(C(=O)[C@H](C)Sc2nnc(-c3ccccc3)n2CC)CC1. The summed E-state index contributed by atoms with van der Waals surface area (Å²) in [5.41, 5.74) is 1.04. The minimum atomic E-state index is -0.165. The molecule has 0 unspecified atom stereocenters.